The van der Waals surface area contributed by atoms with Crippen molar-refractivity contribution in [2.24, 2.45) is 0 Å². The van der Waals surface area contributed by atoms with Crippen LogP contribution in [0.4, 0.5) is 0 Å². The standard InChI is InChI=1S/C20H4Br4Cl2I2O5/c21-9-7-8(10(22)12(24)11(9)23)20(33-19(7)31)3-1-5(25)15(29)13(27)17(3)32-18-4(20)2-6(26)16(30)14(18)28/h1-2,29-30H. The van der Waals surface area contributed by atoms with Crippen molar-refractivity contribution >= 4 is 138 Å². The molecular weight excluding hydrogens is 965 g/mol. The fourth-order valence-electron chi connectivity index (χ4n) is 3.93. The first-order chi connectivity index (χ1) is 15.4. The van der Waals surface area contributed by atoms with Crippen LogP contribution in [0.5, 0.6) is 23.0 Å². The highest BCUT2D eigenvalue weighted by Gasteiger charge is 2.57. The summed E-state index contributed by atoms with van der Waals surface area (Å²) < 4.78 is 15.3. The lowest BCUT2D eigenvalue weighted by Crippen LogP contribution is -2.34. The summed E-state index contributed by atoms with van der Waals surface area (Å²) in [7, 11) is 0. The van der Waals surface area contributed by atoms with Crippen LogP contribution in [-0.4, -0.2) is 16.2 Å². The molecule has 0 bridgehead atoms. The van der Waals surface area contributed by atoms with Crippen LogP contribution in [0, 0.1) is 7.14 Å². The number of aromatic hydroxyl groups is 2. The molecule has 3 aromatic rings. The van der Waals surface area contributed by atoms with Crippen LogP contribution in [0.25, 0.3) is 0 Å². The monoisotopic (exact) mass is 963 g/mol. The Kier molecular flexibility index (Phi) is 6.49. The van der Waals surface area contributed by atoms with E-state index in [1.807, 2.05) is 45.2 Å². The van der Waals surface area contributed by atoms with Gasteiger partial charge in [0.15, 0.2) is 28.6 Å². The van der Waals surface area contributed by atoms with E-state index in [1.165, 1.54) is 12.1 Å². The molecule has 2 aliphatic heterocycles. The molecule has 0 fully saturated rings. The predicted molar refractivity (Wildman–Crippen MR) is 154 cm³/mol. The van der Waals surface area contributed by atoms with Gasteiger partial charge in [0, 0.05) is 23.5 Å². The highest BCUT2D eigenvalue weighted by molar-refractivity contribution is 14.1. The number of phenols is 2. The van der Waals surface area contributed by atoms with Crippen molar-refractivity contribution in [3.63, 3.8) is 0 Å². The lowest BCUT2D eigenvalue weighted by Gasteiger charge is -2.38. The Morgan fingerprint density at radius 1 is 0.818 bits per heavy atom. The predicted octanol–water partition coefficient (Wildman–Crippen LogP) is 9.23. The van der Waals surface area contributed by atoms with Gasteiger partial charge in [0.1, 0.15) is 0 Å². The van der Waals surface area contributed by atoms with Crippen LogP contribution in [0.15, 0.2) is 30.0 Å². The average molecular weight is 969 g/mol. The smallest absolute Gasteiger partial charge is 0.341 e. The number of esters is 1. The fourth-order valence-corrected chi connectivity index (χ4v) is 8.59. The molecule has 0 amide bonds. The molecule has 3 aromatic carbocycles. The van der Waals surface area contributed by atoms with Gasteiger partial charge in [-0.1, -0.05) is 23.2 Å². The van der Waals surface area contributed by atoms with Gasteiger partial charge >= 0.3 is 5.97 Å². The van der Waals surface area contributed by atoms with Gasteiger partial charge in [-0.05, 0) is 121 Å². The average Bonchev–Trinajstić information content (AvgIpc) is 3.08. The van der Waals surface area contributed by atoms with Gasteiger partial charge in [-0.3, -0.25) is 0 Å². The Morgan fingerprint density at radius 2 is 1.27 bits per heavy atom. The van der Waals surface area contributed by atoms with Gasteiger partial charge in [0.2, 0.25) is 0 Å². The number of benzene rings is 3. The number of fused-ring (bicyclic) bond motifs is 6. The number of ether oxygens (including phenoxy) is 2. The van der Waals surface area contributed by atoms with Crippen molar-refractivity contribution < 1.29 is 24.5 Å². The zero-order valence-corrected chi connectivity index (χ0v) is 27.5. The highest BCUT2D eigenvalue weighted by Crippen LogP contribution is 2.63. The number of carbonyl (C=O) groups is 1. The molecule has 5 nitrogen and oxygen atoms in total. The number of hydrogen-bond donors (Lipinski definition) is 2. The number of carbonyl (C=O) groups excluding carboxylic acids is 1. The number of rotatable bonds is 0. The molecule has 2 heterocycles. The molecule has 2 aliphatic rings. The van der Waals surface area contributed by atoms with Gasteiger partial charge in [-0.15, -0.1) is 0 Å². The molecule has 0 radical (unpaired) electrons. The van der Waals surface area contributed by atoms with Crippen molar-refractivity contribution in [2.45, 2.75) is 5.60 Å². The van der Waals surface area contributed by atoms with Crippen LogP contribution < -0.4 is 4.74 Å². The molecule has 0 atom stereocenters. The van der Waals surface area contributed by atoms with Crippen molar-refractivity contribution in [3.05, 3.63) is 69.5 Å². The second-order valence-electron chi connectivity index (χ2n) is 6.97. The third-order valence-corrected chi connectivity index (χ3v) is 12.7. The summed E-state index contributed by atoms with van der Waals surface area (Å²) in [5.74, 6) is -0.461. The fraction of sp³-hybridized carbons (Fsp3) is 0.0500. The van der Waals surface area contributed by atoms with Crippen LogP contribution >= 0.6 is 132 Å². The molecule has 0 aliphatic carbocycles. The van der Waals surface area contributed by atoms with Gasteiger partial charge < -0.3 is 19.7 Å². The summed E-state index contributed by atoms with van der Waals surface area (Å²) >= 11 is 30.7. The maximum Gasteiger partial charge on any atom is 0.341 e. The summed E-state index contributed by atoms with van der Waals surface area (Å²) in [4.78, 5) is 13.4. The van der Waals surface area contributed by atoms with E-state index >= 15 is 0 Å². The molecule has 2 N–H and O–H groups in total. The summed E-state index contributed by atoms with van der Waals surface area (Å²) in [6, 6.07) is 3.01. The van der Waals surface area contributed by atoms with Crippen LogP contribution in [-0.2, 0) is 10.3 Å². The second-order valence-corrected chi connectivity index (χ2v) is 13.1. The van der Waals surface area contributed by atoms with Gasteiger partial charge in [0.05, 0.1) is 33.9 Å². The summed E-state index contributed by atoms with van der Waals surface area (Å²) in [5.41, 5.74) is 0.0147. The Morgan fingerprint density at radius 3 is 1.76 bits per heavy atom. The zero-order valence-electron chi connectivity index (χ0n) is 15.3. The lowest BCUT2D eigenvalue weighted by molar-refractivity contribution is 0.0221. The first-order valence-corrected chi connectivity index (χ1v) is 14.7. The molecule has 170 valence electrons. The number of halogens is 8. The largest absolute Gasteiger partial charge is 0.505 e. The van der Waals surface area contributed by atoms with Crippen LogP contribution in [0.3, 0.4) is 0 Å². The van der Waals surface area contributed by atoms with E-state index in [0.717, 1.165) is 0 Å². The maximum atomic E-state index is 13.4. The molecular formula is C20H4Br4Cl2I2O5. The van der Waals surface area contributed by atoms with Gasteiger partial charge in [-0.25, -0.2) is 4.79 Å². The maximum absolute atomic E-state index is 13.4. The van der Waals surface area contributed by atoms with E-state index in [1.54, 1.807) is 0 Å². The zero-order chi connectivity index (χ0) is 24.1. The molecule has 0 aromatic heterocycles. The van der Waals surface area contributed by atoms with E-state index in [4.69, 9.17) is 32.7 Å². The van der Waals surface area contributed by atoms with Gasteiger partial charge in [0.25, 0.3) is 0 Å². The Labute approximate surface area is 257 Å². The number of hydrogen-bond acceptors (Lipinski definition) is 5. The highest BCUT2D eigenvalue weighted by atomic mass is 127. The Balaban J connectivity index is 2.05. The lowest BCUT2D eigenvalue weighted by atomic mass is 9.77. The van der Waals surface area contributed by atoms with E-state index < -0.39 is 11.6 Å². The number of phenolic OH excluding ortho intramolecular Hbond substituents is 2. The van der Waals surface area contributed by atoms with Crippen LogP contribution in [0.2, 0.25) is 10.0 Å². The van der Waals surface area contributed by atoms with Crippen molar-refractivity contribution in [3.8, 4) is 23.0 Å². The van der Waals surface area contributed by atoms with Crippen molar-refractivity contribution in [1.29, 1.82) is 0 Å². The van der Waals surface area contributed by atoms with Crippen molar-refractivity contribution in [1.82, 2.24) is 0 Å². The molecule has 0 saturated carbocycles. The minimum Gasteiger partial charge on any atom is -0.505 e. The minimum absolute atomic E-state index is 0.0556. The molecule has 1 spiro atoms. The Hall–Kier alpha value is 0.490. The third kappa shape index (κ3) is 3.31. The second kappa shape index (κ2) is 8.52. The molecule has 5 rings (SSSR count). The summed E-state index contributed by atoms with van der Waals surface area (Å²) in [6.45, 7) is 0. The SMILES string of the molecule is O=C1OC2(c3cc(Cl)c(O)c(I)c3Oc3c2cc(Cl)c(O)c3I)c2c(Br)c(Br)c(Br)c(Br)c21. The van der Waals surface area contributed by atoms with E-state index in [-0.39, 0.29) is 38.6 Å². The minimum atomic E-state index is -1.55. The molecule has 13 heteroatoms. The molecule has 0 saturated heterocycles. The Bertz CT molecular complexity index is 1400. The van der Waals surface area contributed by atoms with E-state index in [9.17, 15) is 15.0 Å². The summed E-state index contributed by atoms with van der Waals surface area (Å²) in [6.07, 6.45) is 0. The summed E-state index contributed by atoms with van der Waals surface area (Å²) in [5, 5.41) is 21.1. The topological polar surface area (TPSA) is 76.0 Å². The third-order valence-electron chi connectivity index (χ3n) is 5.33. The first kappa shape index (κ1) is 25.2. The normalized spacial score (nSPS) is 15.1. The van der Waals surface area contributed by atoms with Gasteiger partial charge in [-0.2, -0.15) is 0 Å². The molecule has 0 unspecified atom stereocenters. The van der Waals surface area contributed by atoms with Crippen LogP contribution in [0.1, 0.15) is 27.0 Å². The quantitative estimate of drug-likeness (QED) is 0.102. The molecule has 33 heavy (non-hydrogen) atoms. The van der Waals surface area contributed by atoms with E-state index in [2.05, 4.69) is 63.7 Å². The van der Waals surface area contributed by atoms with E-state index in [0.29, 0.717) is 41.7 Å². The first-order valence-electron chi connectivity index (χ1n) is 8.63. The van der Waals surface area contributed by atoms with Crippen molar-refractivity contribution in [2.75, 3.05) is 0 Å².